The predicted molar refractivity (Wildman–Crippen MR) is 141 cm³/mol. The molecule has 0 saturated carbocycles. The first-order chi connectivity index (χ1) is 16.4. The summed E-state index contributed by atoms with van der Waals surface area (Å²) >= 11 is 12.2. The monoisotopic (exact) mass is 488 g/mol. The Bertz CT molecular complexity index is 1370. The minimum Gasteiger partial charge on any atom is -0.506 e. The largest absolute Gasteiger partial charge is 0.506 e. The zero-order valence-electron chi connectivity index (χ0n) is 19.2. The maximum Gasteiger partial charge on any atom is 0.174 e. The molecule has 5 rings (SSSR count). The first-order valence-electron chi connectivity index (χ1n) is 11.1. The van der Waals surface area contributed by atoms with Crippen LogP contribution in [0.2, 0.25) is 5.02 Å². The van der Waals surface area contributed by atoms with E-state index in [-0.39, 0.29) is 17.8 Å². The summed E-state index contributed by atoms with van der Waals surface area (Å²) < 4.78 is 2.28. The lowest BCUT2D eigenvalue weighted by molar-refractivity contribution is 0.472. The molecule has 1 aliphatic heterocycles. The van der Waals surface area contributed by atoms with Gasteiger partial charge in [0, 0.05) is 33.9 Å². The molecule has 2 aromatic carbocycles. The Kier molecular flexibility index (Phi) is 5.80. The number of benzene rings is 2. The Morgan fingerprint density at radius 3 is 2.41 bits per heavy atom. The third kappa shape index (κ3) is 3.63. The molecule has 0 spiro atoms. The first kappa shape index (κ1) is 22.4. The molecule has 2 atom stereocenters. The predicted octanol–water partition coefficient (Wildman–Crippen LogP) is 6.33. The topological polar surface area (TPSA) is 53.3 Å². The van der Waals surface area contributed by atoms with Gasteiger partial charge in [0.05, 0.1) is 23.5 Å². The van der Waals surface area contributed by atoms with Crippen LogP contribution >= 0.6 is 23.8 Å². The van der Waals surface area contributed by atoms with E-state index in [4.69, 9.17) is 23.8 Å². The molecular formula is C27H25ClN4OS. The second-order valence-corrected chi connectivity index (χ2v) is 9.33. The van der Waals surface area contributed by atoms with Crippen LogP contribution in [0.1, 0.15) is 40.3 Å². The zero-order chi connectivity index (χ0) is 24.0. The van der Waals surface area contributed by atoms with Crippen LogP contribution in [-0.2, 0) is 0 Å². The normalized spacial score (nSPS) is 17.8. The molecule has 0 amide bonds. The van der Waals surface area contributed by atoms with E-state index in [1.807, 2.05) is 41.3 Å². The van der Waals surface area contributed by atoms with Gasteiger partial charge in [-0.25, -0.2) is 0 Å². The van der Waals surface area contributed by atoms with Crippen molar-refractivity contribution in [2.24, 2.45) is 0 Å². The smallest absolute Gasteiger partial charge is 0.174 e. The molecule has 3 heterocycles. The van der Waals surface area contributed by atoms with Gasteiger partial charge in [0.1, 0.15) is 5.75 Å². The average molecular weight is 489 g/mol. The molecule has 0 radical (unpaired) electrons. The molecule has 7 heteroatoms. The van der Waals surface area contributed by atoms with Gasteiger partial charge >= 0.3 is 0 Å². The zero-order valence-corrected chi connectivity index (χ0v) is 20.7. The summed E-state index contributed by atoms with van der Waals surface area (Å²) in [7, 11) is 0. The van der Waals surface area contributed by atoms with Crippen molar-refractivity contribution in [1.29, 1.82) is 0 Å². The summed E-state index contributed by atoms with van der Waals surface area (Å²) in [4.78, 5) is 6.61. The molecule has 4 aromatic rings. The summed E-state index contributed by atoms with van der Waals surface area (Å²) in [5, 5.41) is 15.3. The van der Waals surface area contributed by atoms with Crippen LogP contribution in [0.3, 0.4) is 0 Å². The maximum absolute atomic E-state index is 10.8. The summed E-state index contributed by atoms with van der Waals surface area (Å²) in [6.45, 7) is 6.41. The maximum atomic E-state index is 10.8. The third-order valence-electron chi connectivity index (χ3n) is 6.61. The van der Waals surface area contributed by atoms with E-state index < -0.39 is 0 Å². The fourth-order valence-corrected chi connectivity index (χ4v) is 5.51. The standard InChI is InChI=1S/C27H25ClN4OS/c1-16-17(2)31(20-9-5-4-6-10-20)18(3)24(16)26-25(21-11-7-8-14-29-21)30-27(34)32(26)22-15-19(28)12-13-23(22)33/h4-15,25-26,33H,1-3H3,(H,30,34). The number of pyridine rings is 1. The van der Waals surface area contributed by atoms with Gasteiger partial charge in [-0.2, -0.15) is 0 Å². The SMILES string of the molecule is Cc1c(C2C(c3ccccn3)NC(=S)N2c2cc(Cl)ccc2O)c(C)n(-c2ccccc2)c1C. The van der Waals surface area contributed by atoms with Crippen molar-refractivity contribution in [3.05, 3.63) is 106 Å². The number of halogens is 1. The number of para-hydroxylation sites is 1. The molecule has 0 aliphatic carbocycles. The fourth-order valence-electron chi connectivity index (χ4n) is 5.00. The molecule has 5 nitrogen and oxygen atoms in total. The molecule has 1 aliphatic rings. The number of nitrogens with zero attached hydrogens (tertiary/aromatic N) is 3. The quantitative estimate of drug-likeness (QED) is 0.328. The minimum atomic E-state index is -0.240. The van der Waals surface area contributed by atoms with E-state index in [9.17, 15) is 5.11 Å². The molecular weight excluding hydrogens is 464 g/mol. The molecule has 2 N–H and O–H groups in total. The number of aromatic hydroxyl groups is 1. The van der Waals surface area contributed by atoms with Crippen molar-refractivity contribution < 1.29 is 5.11 Å². The number of phenolic OH excluding ortho intramolecular Hbond substituents is 1. The lowest BCUT2D eigenvalue weighted by Crippen LogP contribution is -2.30. The number of aromatic nitrogens is 2. The highest BCUT2D eigenvalue weighted by molar-refractivity contribution is 7.80. The number of rotatable bonds is 4. The number of hydrogen-bond acceptors (Lipinski definition) is 3. The van der Waals surface area contributed by atoms with Crippen molar-refractivity contribution in [2.45, 2.75) is 32.9 Å². The van der Waals surface area contributed by atoms with E-state index in [0.29, 0.717) is 15.8 Å². The van der Waals surface area contributed by atoms with Crippen molar-refractivity contribution in [2.75, 3.05) is 4.90 Å². The molecule has 1 fully saturated rings. The van der Waals surface area contributed by atoms with Crippen LogP contribution in [0.25, 0.3) is 5.69 Å². The Balaban J connectivity index is 1.76. The third-order valence-corrected chi connectivity index (χ3v) is 7.16. The van der Waals surface area contributed by atoms with E-state index in [1.165, 1.54) is 5.56 Å². The number of anilines is 1. The van der Waals surface area contributed by atoms with Crippen LogP contribution in [0, 0.1) is 20.8 Å². The van der Waals surface area contributed by atoms with Gasteiger partial charge in [-0.1, -0.05) is 35.9 Å². The number of phenols is 1. The average Bonchev–Trinajstić information content (AvgIpc) is 3.29. The highest BCUT2D eigenvalue weighted by Crippen LogP contribution is 2.47. The molecule has 1 saturated heterocycles. The number of nitrogens with one attached hydrogen (secondary N) is 1. The molecule has 172 valence electrons. The number of hydrogen-bond donors (Lipinski definition) is 2. The second-order valence-electron chi connectivity index (χ2n) is 8.51. The van der Waals surface area contributed by atoms with E-state index >= 15 is 0 Å². The molecule has 2 unspecified atom stereocenters. The van der Waals surface area contributed by atoms with Gasteiger partial charge < -0.3 is 19.9 Å². The molecule has 0 bridgehead atoms. The molecule has 34 heavy (non-hydrogen) atoms. The van der Waals surface area contributed by atoms with Crippen molar-refractivity contribution in [3.8, 4) is 11.4 Å². The van der Waals surface area contributed by atoms with Crippen LogP contribution in [-0.4, -0.2) is 19.8 Å². The van der Waals surface area contributed by atoms with Crippen LogP contribution < -0.4 is 10.2 Å². The first-order valence-corrected chi connectivity index (χ1v) is 11.9. The van der Waals surface area contributed by atoms with E-state index in [1.54, 1.807) is 24.4 Å². The Labute approximate surface area is 209 Å². The van der Waals surface area contributed by atoms with Crippen LogP contribution in [0.15, 0.2) is 72.9 Å². The summed E-state index contributed by atoms with van der Waals surface area (Å²) in [6, 6.07) is 20.8. The van der Waals surface area contributed by atoms with Crippen LogP contribution in [0.4, 0.5) is 5.69 Å². The Morgan fingerprint density at radius 1 is 0.971 bits per heavy atom. The van der Waals surface area contributed by atoms with Gasteiger partial charge in [-0.05, 0) is 81.0 Å². The van der Waals surface area contributed by atoms with Gasteiger partial charge in [-0.15, -0.1) is 0 Å². The van der Waals surface area contributed by atoms with Gasteiger partial charge in [0.15, 0.2) is 5.11 Å². The van der Waals surface area contributed by atoms with E-state index in [0.717, 1.165) is 28.3 Å². The van der Waals surface area contributed by atoms with Gasteiger partial charge in [0.25, 0.3) is 0 Å². The minimum absolute atomic E-state index is 0.120. The van der Waals surface area contributed by atoms with Crippen molar-refractivity contribution in [3.63, 3.8) is 0 Å². The Hall–Kier alpha value is -3.35. The second kappa shape index (κ2) is 8.78. The Morgan fingerprint density at radius 2 is 1.71 bits per heavy atom. The van der Waals surface area contributed by atoms with Crippen molar-refractivity contribution >= 4 is 34.6 Å². The van der Waals surface area contributed by atoms with Gasteiger partial charge in [0.2, 0.25) is 0 Å². The summed E-state index contributed by atoms with van der Waals surface area (Å²) in [5.74, 6) is 0.120. The highest BCUT2D eigenvalue weighted by Gasteiger charge is 2.44. The fraction of sp³-hybridized carbons (Fsp3) is 0.185. The van der Waals surface area contributed by atoms with Crippen molar-refractivity contribution in [1.82, 2.24) is 14.9 Å². The summed E-state index contributed by atoms with van der Waals surface area (Å²) in [5.41, 5.74) is 7.14. The lowest BCUT2D eigenvalue weighted by Gasteiger charge is -2.29. The lowest BCUT2D eigenvalue weighted by atomic mass is 9.93. The van der Waals surface area contributed by atoms with Gasteiger partial charge in [-0.3, -0.25) is 4.98 Å². The van der Waals surface area contributed by atoms with Crippen LogP contribution in [0.5, 0.6) is 5.75 Å². The van der Waals surface area contributed by atoms with E-state index in [2.05, 4.69) is 47.8 Å². The summed E-state index contributed by atoms with van der Waals surface area (Å²) in [6.07, 6.45) is 1.79. The molecule has 2 aromatic heterocycles. The number of thiocarbonyl (C=S) groups is 1. The highest BCUT2D eigenvalue weighted by atomic mass is 35.5.